The van der Waals surface area contributed by atoms with Gasteiger partial charge in [-0.15, -0.1) is 0 Å². The molecular weight excluding hydrogens is 410 g/mol. The van der Waals surface area contributed by atoms with E-state index in [9.17, 15) is 19.7 Å². The fourth-order valence-electron chi connectivity index (χ4n) is 2.79. The molecule has 3 amide bonds. The molecule has 0 spiro atoms. The van der Waals surface area contributed by atoms with E-state index in [4.69, 9.17) is 16.3 Å². The Morgan fingerprint density at radius 2 is 1.93 bits per heavy atom. The monoisotopic (exact) mass is 429 g/mol. The van der Waals surface area contributed by atoms with Crippen molar-refractivity contribution in [2.45, 2.75) is 32.9 Å². The number of nitro groups is 1. The number of halogens is 1. The summed E-state index contributed by atoms with van der Waals surface area (Å²) in [4.78, 5) is 36.2. The van der Waals surface area contributed by atoms with Crippen LogP contribution in [0.15, 0.2) is 48.2 Å². The minimum Gasteiger partial charge on any atom is -0.489 e. The Morgan fingerprint density at radius 1 is 1.23 bits per heavy atom. The van der Waals surface area contributed by atoms with Gasteiger partial charge in [-0.1, -0.05) is 36.7 Å². The molecule has 0 bridgehead atoms. The molecule has 1 atom stereocenters. The van der Waals surface area contributed by atoms with Gasteiger partial charge in [-0.3, -0.25) is 19.8 Å². The maximum atomic E-state index is 12.6. The average molecular weight is 430 g/mol. The van der Waals surface area contributed by atoms with Crippen molar-refractivity contribution in [3.8, 4) is 5.75 Å². The van der Waals surface area contributed by atoms with E-state index >= 15 is 0 Å². The Labute approximate surface area is 178 Å². The van der Waals surface area contributed by atoms with Crippen LogP contribution in [0, 0.1) is 10.1 Å². The smallest absolute Gasteiger partial charge is 0.329 e. The van der Waals surface area contributed by atoms with Crippen LogP contribution < -0.4 is 10.1 Å². The largest absolute Gasteiger partial charge is 0.489 e. The quantitative estimate of drug-likeness (QED) is 0.302. The number of carbonyl (C=O) groups excluding carboxylic acids is 2. The van der Waals surface area contributed by atoms with Crippen molar-refractivity contribution in [3.63, 3.8) is 0 Å². The number of amides is 3. The number of nitrogens with zero attached hydrogens (tertiary/aromatic N) is 2. The first-order valence-electron chi connectivity index (χ1n) is 9.32. The SMILES string of the molecule is CC[C@H](C)Oc1ccc(/C=C2/NC(=O)N(Cc3ccc([N+](=O)[O-])cc3)C2=O)cc1Cl. The highest BCUT2D eigenvalue weighted by Gasteiger charge is 2.33. The number of benzene rings is 2. The van der Waals surface area contributed by atoms with Gasteiger partial charge in [0.1, 0.15) is 11.4 Å². The molecule has 30 heavy (non-hydrogen) atoms. The van der Waals surface area contributed by atoms with E-state index in [0.29, 0.717) is 21.9 Å². The van der Waals surface area contributed by atoms with Crippen molar-refractivity contribution in [1.29, 1.82) is 0 Å². The van der Waals surface area contributed by atoms with E-state index < -0.39 is 16.9 Å². The maximum Gasteiger partial charge on any atom is 0.329 e. The molecule has 3 rings (SSSR count). The van der Waals surface area contributed by atoms with Gasteiger partial charge < -0.3 is 10.1 Å². The van der Waals surface area contributed by atoms with Gasteiger partial charge in [0.25, 0.3) is 11.6 Å². The van der Waals surface area contributed by atoms with E-state index in [1.807, 2.05) is 13.8 Å². The lowest BCUT2D eigenvalue weighted by molar-refractivity contribution is -0.384. The second-order valence-corrected chi connectivity index (χ2v) is 7.24. The summed E-state index contributed by atoms with van der Waals surface area (Å²) >= 11 is 6.27. The number of carbonyl (C=O) groups is 2. The van der Waals surface area contributed by atoms with Gasteiger partial charge in [0.15, 0.2) is 0 Å². The van der Waals surface area contributed by atoms with Crippen LogP contribution in [-0.2, 0) is 11.3 Å². The molecule has 0 aliphatic carbocycles. The van der Waals surface area contributed by atoms with Gasteiger partial charge in [-0.05, 0) is 42.7 Å². The summed E-state index contributed by atoms with van der Waals surface area (Å²) in [6.07, 6.45) is 2.40. The molecule has 9 heteroatoms. The lowest BCUT2D eigenvalue weighted by Gasteiger charge is -2.14. The van der Waals surface area contributed by atoms with Crippen LogP contribution in [0.3, 0.4) is 0 Å². The normalized spacial score (nSPS) is 16.0. The van der Waals surface area contributed by atoms with E-state index in [0.717, 1.165) is 11.3 Å². The van der Waals surface area contributed by atoms with E-state index in [2.05, 4.69) is 5.32 Å². The molecule has 8 nitrogen and oxygen atoms in total. The molecule has 0 radical (unpaired) electrons. The Hall–Kier alpha value is -3.39. The van der Waals surface area contributed by atoms with Gasteiger partial charge in [-0.25, -0.2) is 4.79 Å². The molecule has 2 aromatic carbocycles. The third-order valence-corrected chi connectivity index (χ3v) is 4.92. The van der Waals surface area contributed by atoms with Crippen molar-refractivity contribution < 1.29 is 19.2 Å². The molecule has 1 saturated heterocycles. The Bertz CT molecular complexity index is 1020. The van der Waals surface area contributed by atoms with Crippen LogP contribution in [0.4, 0.5) is 10.5 Å². The van der Waals surface area contributed by atoms with E-state index in [-0.39, 0.29) is 24.0 Å². The minimum atomic E-state index is -0.563. The number of urea groups is 1. The number of nitrogens with one attached hydrogen (secondary N) is 1. The van der Waals surface area contributed by atoms with Crippen molar-refractivity contribution >= 4 is 35.3 Å². The number of rotatable bonds is 7. The topological polar surface area (TPSA) is 102 Å². The summed E-state index contributed by atoms with van der Waals surface area (Å²) in [6, 6.07) is 10.2. The predicted octanol–water partition coefficient (Wildman–Crippen LogP) is 4.52. The number of imide groups is 1. The summed E-state index contributed by atoms with van der Waals surface area (Å²) in [5.74, 6) is 0.0594. The molecule has 0 saturated carbocycles. The second-order valence-electron chi connectivity index (χ2n) is 6.83. The Balaban J connectivity index is 1.74. The standard InChI is InChI=1S/C21H20ClN3O5/c1-3-13(2)30-19-9-6-15(10-17(19)22)11-18-20(26)24(21(27)23-18)12-14-4-7-16(8-5-14)25(28)29/h4-11,13H,3,12H2,1-2H3,(H,23,27)/b18-11+/t13-/m0/s1. The van der Waals surface area contributed by atoms with E-state index in [1.165, 1.54) is 30.3 Å². The van der Waals surface area contributed by atoms with Crippen LogP contribution in [0.2, 0.25) is 5.02 Å². The summed E-state index contributed by atoms with van der Waals surface area (Å²) < 4.78 is 5.72. The molecular formula is C21H20ClN3O5. The van der Waals surface area contributed by atoms with Crippen LogP contribution in [0.25, 0.3) is 6.08 Å². The van der Waals surface area contributed by atoms with Crippen molar-refractivity contribution in [1.82, 2.24) is 10.2 Å². The third kappa shape index (κ3) is 4.77. The first kappa shape index (κ1) is 21.3. The molecule has 1 fully saturated rings. The molecule has 2 aromatic rings. The first-order chi connectivity index (χ1) is 14.3. The van der Waals surface area contributed by atoms with Gasteiger partial charge in [0.2, 0.25) is 0 Å². The highest BCUT2D eigenvalue weighted by molar-refractivity contribution is 6.32. The molecule has 0 unspecified atom stereocenters. The zero-order valence-electron chi connectivity index (χ0n) is 16.4. The molecule has 1 aliphatic rings. The summed E-state index contributed by atoms with van der Waals surface area (Å²) in [7, 11) is 0. The summed E-state index contributed by atoms with van der Waals surface area (Å²) in [5.41, 5.74) is 1.29. The number of nitro benzene ring substituents is 1. The molecule has 1 aliphatic heterocycles. The van der Waals surface area contributed by atoms with Gasteiger partial charge in [-0.2, -0.15) is 0 Å². The third-order valence-electron chi connectivity index (χ3n) is 4.62. The van der Waals surface area contributed by atoms with Gasteiger partial charge in [0.05, 0.1) is 22.6 Å². The summed E-state index contributed by atoms with van der Waals surface area (Å²) in [5, 5.41) is 13.7. The molecule has 1 N–H and O–H groups in total. The zero-order valence-corrected chi connectivity index (χ0v) is 17.2. The zero-order chi connectivity index (χ0) is 21.8. The van der Waals surface area contributed by atoms with Crippen LogP contribution in [0.5, 0.6) is 5.75 Å². The Morgan fingerprint density at radius 3 is 2.53 bits per heavy atom. The highest BCUT2D eigenvalue weighted by Crippen LogP contribution is 2.28. The van der Waals surface area contributed by atoms with E-state index in [1.54, 1.807) is 18.2 Å². The predicted molar refractivity (Wildman–Crippen MR) is 112 cm³/mol. The maximum absolute atomic E-state index is 12.6. The van der Waals surface area contributed by atoms with Gasteiger partial charge in [0, 0.05) is 12.1 Å². The molecule has 0 aromatic heterocycles. The lowest BCUT2D eigenvalue weighted by Crippen LogP contribution is -2.30. The van der Waals surface area contributed by atoms with Crippen molar-refractivity contribution in [2.75, 3.05) is 0 Å². The minimum absolute atomic E-state index is 0.00242. The van der Waals surface area contributed by atoms with Crippen LogP contribution in [-0.4, -0.2) is 27.9 Å². The number of hydrogen-bond acceptors (Lipinski definition) is 5. The average Bonchev–Trinajstić information content (AvgIpc) is 2.97. The van der Waals surface area contributed by atoms with Gasteiger partial charge >= 0.3 is 6.03 Å². The fourth-order valence-corrected chi connectivity index (χ4v) is 3.02. The van der Waals surface area contributed by atoms with Crippen LogP contribution >= 0.6 is 11.6 Å². The van der Waals surface area contributed by atoms with Crippen molar-refractivity contribution in [3.05, 3.63) is 74.4 Å². The van der Waals surface area contributed by atoms with Crippen LogP contribution in [0.1, 0.15) is 31.4 Å². The second kappa shape index (κ2) is 8.96. The first-order valence-corrected chi connectivity index (χ1v) is 9.70. The summed E-state index contributed by atoms with van der Waals surface area (Å²) in [6.45, 7) is 3.95. The fraction of sp³-hybridized carbons (Fsp3) is 0.238. The number of hydrogen-bond donors (Lipinski definition) is 1. The number of ether oxygens (including phenoxy) is 1. The molecule has 156 valence electrons. The lowest BCUT2D eigenvalue weighted by atomic mass is 10.1. The van der Waals surface area contributed by atoms with Crippen molar-refractivity contribution in [2.24, 2.45) is 0 Å². The molecule has 1 heterocycles. The highest BCUT2D eigenvalue weighted by atomic mass is 35.5. The number of non-ortho nitro benzene ring substituents is 1. The Kier molecular flexibility index (Phi) is 6.37.